The van der Waals surface area contributed by atoms with Crippen LogP contribution >= 0.6 is 15.9 Å². The summed E-state index contributed by atoms with van der Waals surface area (Å²) in [6.45, 7) is 0. The summed E-state index contributed by atoms with van der Waals surface area (Å²) in [5, 5.41) is 3.61. The minimum atomic E-state index is -4.58. The number of Topliss-reactive ketones (excluding diaryl/α,β-unsaturated/α-hetero) is 1. The Balaban J connectivity index is 2.26. The normalized spacial score (nSPS) is 15.1. The van der Waals surface area contributed by atoms with Crippen molar-refractivity contribution in [2.45, 2.75) is 25.4 Å². The molecule has 4 nitrogen and oxygen atoms in total. The van der Waals surface area contributed by atoms with E-state index in [9.17, 15) is 18.0 Å². The highest BCUT2D eigenvalue weighted by atomic mass is 79.9. The maximum atomic E-state index is 13.1. The Hall–Kier alpha value is -1.70. The summed E-state index contributed by atoms with van der Waals surface area (Å²) in [6, 6.07) is 4.78. The van der Waals surface area contributed by atoms with Crippen molar-refractivity contribution >= 4 is 21.7 Å². The van der Waals surface area contributed by atoms with E-state index < -0.39 is 11.9 Å². The molecule has 0 atom stereocenters. The van der Waals surface area contributed by atoms with Crippen LogP contribution < -0.4 is 0 Å². The standard InChI is InChI=1S/C13H9BrF3N3O/c14-9-5-2-6-10(18-9)20-11-7(3-1-4-8(11)21)12(19-20)13(15,16)17/h2,5-6H,1,3-4H2. The predicted octanol–water partition coefficient (Wildman–Crippen LogP) is 3.57. The summed E-state index contributed by atoms with van der Waals surface area (Å²) in [5.41, 5.74) is -1.02. The Labute approximate surface area is 126 Å². The van der Waals surface area contributed by atoms with Crippen LogP contribution in [-0.4, -0.2) is 20.5 Å². The van der Waals surface area contributed by atoms with Crippen LogP contribution in [0.25, 0.3) is 5.82 Å². The first-order valence-corrected chi connectivity index (χ1v) is 7.02. The predicted molar refractivity (Wildman–Crippen MR) is 71.3 cm³/mol. The van der Waals surface area contributed by atoms with E-state index in [-0.39, 0.29) is 35.7 Å². The molecule has 8 heteroatoms. The lowest BCUT2D eigenvalue weighted by Gasteiger charge is -2.13. The van der Waals surface area contributed by atoms with Gasteiger partial charge >= 0.3 is 6.18 Å². The molecule has 0 unspecified atom stereocenters. The minimum Gasteiger partial charge on any atom is -0.292 e. The van der Waals surface area contributed by atoms with Gasteiger partial charge in [-0.3, -0.25) is 4.79 Å². The first kappa shape index (κ1) is 14.2. The van der Waals surface area contributed by atoms with Gasteiger partial charge < -0.3 is 0 Å². The zero-order chi connectivity index (χ0) is 15.2. The Morgan fingerprint density at radius 1 is 1.24 bits per heavy atom. The average Bonchev–Trinajstić information content (AvgIpc) is 2.79. The van der Waals surface area contributed by atoms with Gasteiger partial charge in [0.25, 0.3) is 0 Å². The fourth-order valence-electron chi connectivity index (χ4n) is 2.43. The number of carbonyl (C=O) groups is 1. The number of nitrogens with zero attached hydrogens (tertiary/aromatic N) is 3. The number of ketones is 1. The third-order valence-electron chi connectivity index (χ3n) is 3.26. The number of hydrogen-bond acceptors (Lipinski definition) is 3. The van der Waals surface area contributed by atoms with Crippen LogP contribution in [0.4, 0.5) is 13.2 Å². The summed E-state index contributed by atoms with van der Waals surface area (Å²) >= 11 is 3.16. The van der Waals surface area contributed by atoms with Gasteiger partial charge in [-0.25, -0.2) is 9.67 Å². The molecule has 0 N–H and O–H groups in total. The fourth-order valence-corrected chi connectivity index (χ4v) is 2.76. The van der Waals surface area contributed by atoms with Gasteiger partial charge in [0.1, 0.15) is 10.3 Å². The van der Waals surface area contributed by atoms with Crippen LogP contribution in [0, 0.1) is 0 Å². The molecule has 110 valence electrons. The van der Waals surface area contributed by atoms with Gasteiger partial charge in [0, 0.05) is 12.0 Å². The maximum absolute atomic E-state index is 13.1. The first-order valence-electron chi connectivity index (χ1n) is 6.23. The lowest BCUT2D eigenvalue weighted by molar-refractivity contribution is -0.142. The van der Waals surface area contributed by atoms with Crippen LogP contribution in [0.15, 0.2) is 22.8 Å². The van der Waals surface area contributed by atoms with Crippen LogP contribution in [0.5, 0.6) is 0 Å². The molecule has 0 aliphatic heterocycles. The molecular formula is C13H9BrF3N3O. The second-order valence-electron chi connectivity index (χ2n) is 4.68. The number of carbonyl (C=O) groups excluding carboxylic acids is 1. The fraction of sp³-hybridized carbons (Fsp3) is 0.308. The monoisotopic (exact) mass is 359 g/mol. The number of aromatic nitrogens is 3. The lowest BCUT2D eigenvalue weighted by Crippen LogP contribution is -2.16. The van der Waals surface area contributed by atoms with Gasteiger partial charge in [-0.05, 0) is 40.9 Å². The first-order chi connectivity index (χ1) is 9.88. The Bertz CT molecular complexity index is 724. The van der Waals surface area contributed by atoms with Gasteiger partial charge in [-0.2, -0.15) is 18.3 Å². The molecule has 21 heavy (non-hydrogen) atoms. The van der Waals surface area contributed by atoms with Crippen molar-refractivity contribution in [1.29, 1.82) is 0 Å². The van der Waals surface area contributed by atoms with Crippen molar-refractivity contribution in [1.82, 2.24) is 14.8 Å². The van der Waals surface area contributed by atoms with Crippen LogP contribution in [-0.2, 0) is 12.6 Å². The van der Waals surface area contributed by atoms with Crippen molar-refractivity contribution in [3.8, 4) is 5.82 Å². The molecule has 0 radical (unpaired) electrons. The summed E-state index contributed by atoms with van der Waals surface area (Å²) in [4.78, 5) is 16.1. The molecule has 2 heterocycles. The second kappa shape index (κ2) is 4.94. The third-order valence-corrected chi connectivity index (χ3v) is 3.71. The van der Waals surface area contributed by atoms with E-state index in [1.54, 1.807) is 12.1 Å². The van der Waals surface area contributed by atoms with Crippen molar-refractivity contribution in [3.63, 3.8) is 0 Å². The largest absolute Gasteiger partial charge is 0.435 e. The lowest BCUT2D eigenvalue weighted by atomic mass is 9.94. The number of pyridine rings is 1. The second-order valence-corrected chi connectivity index (χ2v) is 5.49. The number of hydrogen-bond donors (Lipinski definition) is 0. The molecule has 0 fully saturated rings. The number of fused-ring (bicyclic) bond motifs is 1. The highest BCUT2D eigenvalue weighted by Crippen LogP contribution is 2.36. The Morgan fingerprint density at radius 3 is 2.67 bits per heavy atom. The van der Waals surface area contributed by atoms with Gasteiger partial charge in [0.2, 0.25) is 0 Å². The molecule has 0 bridgehead atoms. The molecule has 0 saturated heterocycles. The minimum absolute atomic E-state index is 0.000764. The third kappa shape index (κ3) is 2.48. The highest BCUT2D eigenvalue weighted by molar-refractivity contribution is 9.10. The molecule has 0 amide bonds. The molecule has 2 aromatic rings. The molecule has 1 aliphatic rings. The molecule has 0 spiro atoms. The molecular weight excluding hydrogens is 351 g/mol. The molecule has 0 aromatic carbocycles. The molecule has 1 aliphatic carbocycles. The Morgan fingerprint density at radius 2 is 2.00 bits per heavy atom. The van der Waals surface area contributed by atoms with Gasteiger partial charge in [0.15, 0.2) is 17.3 Å². The van der Waals surface area contributed by atoms with Crippen LogP contribution in [0.1, 0.15) is 34.6 Å². The Kier molecular flexibility index (Phi) is 3.35. The van der Waals surface area contributed by atoms with Gasteiger partial charge in [-0.1, -0.05) is 6.07 Å². The molecule has 2 aromatic heterocycles. The van der Waals surface area contributed by atoms with E-state index in [0.717, 1.165) is 4.68 Å². The van der Waals surface area contributed by atoms with Gasteiger partial charge in [0.05, 0.1) is 0 Å². The SMILES string of the molecule is O=C1CCCc2c(C(F)(F)F)nn(-c3cccc(Br)n3)c21. The highest BCUT2D eigenvalue weighted by Gasteiger charge is 2.41. The van der Waals surface area contributed by atoms with Crippen molar-refractivity contribution in [2.24, 2.45) is 0 Å². The zero-order valence-corrected chi connectivity index (χ0v) is 12.2. The number of halogens is 4. The van der Waals surface area contributed by atoms with E-state index in [4.69, 9.17) is 0 Å². The molecule has 3 rings (SSSR count). The van der Waals surface area contributed by atoms with Crippen LogP contribution in [0.3, 0.4) is 0 Å². The maximum Gasteiger partial charge on any atom is 0.435 e. The summed E-state index contributed by atoms with van der Waals surface area (Å²) in [5.74, 6) is -0.146. The van der Waals surface area contributed by atoms with E-state index in [1.165, 1.54) is 6.07 Å². The average molecular weight is 360 g/mol. The van der Waals surface area contributed by atoms with Crippen molar-refractivity contribution in [2.75, 3.05) is 0 Å². The number of rotatable bonds is 1. The van der Waals surface area contributed by atoms with E-state index in [1.807, 2.05) is 0 Å². The summed E-state index contributed by atoms with van der Waals surface area (Å²) < 4.78 is 40.7. The quantitative estimate of drug-likeness (QED) is 0.731. The van der Waals surface area contributed by atoms with Crippen molar-refractivity contribution < 1.29 is 18.0 Å². The van der Waals surface area contributed by atoms with E-state index in [2.05, 4.69) is 26.0 Å². The number of alkyl halides is 3. The summed E-state index contributed by atoms with van der Waals surface area (Å²) in [6.07, 6.45) is -3.75. The zero-order valence-electron chi connectivity index (χ0n) is 10.6. The topological polar surface area (TPSA) is 47.8 Å². The van der Waals surface area contributed by atoms with E-state index in [0.29, 0.717) is 11.0 Å². The van der Waals surface area contributed by atoms with E-state index >= 15 is 0 Å². The summed E-state index contributed by atoms with van der Waals surface area (Å²) in [7, 11) is 0. The molecule has 0 saturated carbocycles. The smallest absolute Gasteiger partial charge is 0.292 e. The van der Waals surface area contributed by atoms with Crippen LogP contribution in [0.2, 0.25) is 0 Å². The van der Waals surface area contributed by atoms with Crippen molar-refractivity contribution in [3.05, 3.63) is 39.8 Å². The van der Waals surface area contributed by atoms with Gasteiger partial charge in [-0.15, -0.1) is 0 Å².